The van der Waals surface area contributed by atoms with Crippen LogP contribution < -0.4 is 10.6 Å². The summed E-state index contributed by atoms with van der Waals surface area (Å²) in [5.74, 6) is 1.68. The maximum absolute atomic E-state index is 12.6. The molecule has 2 aliphatic rings. The average Bonchev–Trinajstić information content (AvgIpc) is 3.05. The first kappa shape index (κ1) is 18.0. The molecule has 23 heavy (non-hydrogen) atoms. The number of guanidine groups is 1. The standard InChI is InChI=1S/C17H32N4O2/c1-18-16(19-12-14-6-10-23-11-7-14)20-13-17(8-4-5-9-17)15(22)21(2)3/h14H,4-13H2,1-3H3,(H2,18,19,20). The van der Waals surface area contributed by atoms with Crippen LogP contribution in [0.15, 0.2) is 4.99 Å². The minimum atomic E-state index is -0.264. The van der Waals surface area contributed by atoms with Crippen molar-refractivity contribution < 1.29 is 9.53 Å². The average molecular weight is 324 g/mol. The number of ether oxygens (including phenoxy) is 1. The van der Waals surface area contributed by atoms with Crippen LogP contribution in [0.2, 0.25) is 0 Å². The molecular formula is C17H32N4O2. The van der Waals surface area contributed by atoms with E-state index in [1.165, 1.54) is 0 Å². The zero-order valence-electron chi connectivity index (χ0n) is 14.9. The van der Waals surface area contributed by atoms with Gasteiger partial charge in [0.1, 0.15) is 0 Å². The van der Waals surface area contributed by atoms with Gasteiger partial charge >= 0.3 is 0 Å². The highest BCUT2D eigenvalue weighted by Crippen LogP contribution is 2.38. The van der Waals surface area contributed by atoms with Gasteiger partial charge in [-0.2, -0.15) is 0 Å². The molecule has 6 heteroatoms. The summed E-state index contributed by atoms with van der Waals surface area (Å²) in [6.45, 7) is 3.30. The van der Waals surface area contributed by atoms with E-state index in [-0.39, 0.29) is 11.3 Å². The van der Waals surface area contributed by atoms with Crippen molar-refractivity contribution in [3.8, 4) is 0 Å². The summed E-state index contributed by atoms with van der Waals surface area (Å²) >= 11 is 0. The topological polar surface area (TPSA) is 66.0 Å². The summed E-state index contributed by atoms with van der Waals surface area (Å²) in [5.41, 5.74) is -0.264. The Hall–Kier alpha value is -1.30. The van der Waals surface area contributed by atoms with Crippen LogP contribution in [0.4, 0.5) is 0 Å². The summed E-state index contributed by atoms with van der Waals surface area (Å²) in [7, 11) is 5.48. The van der Waals surface area contributed by atoms with E-state index in [9.17, 15) is 4.79 Å². The number of hydrogen-bond acceptors (Lipinski definition) is 3. The lowest BCUT2D eigenvalue weighted by Crippen LogP contribution is -2.49. The van der Waals surface area contributed by atoms with Gasteiger partial charge in [-0.1, -0.05) is 12.8 Å². The van der Waals surface area contributed by atoms with Gasteiger partial charge in [-0.05, 0) is 31.6 Å². The minimum Gasteiger partial charge on any atom is -0.381 e. The SMILES string of the molecule is CN=C(NCC1CCOCC1)NCC1(C(=O)N(C)C)CCCC1. The fraction of sp³-hybridized carbons (Fsp3) is 0.882. The first-order valence-corrected chi connectivity index (χ1v) is 8.81. The van der Waals surface area contributed by atoms with Crippen molar-refractivity contribution in [2.45, 2.75) is 38.5 Å². The Morgan fingerprint density at radius 2 is 1.87 bits per heavy atom. The lowest BCUT2D eigenvalue weighted by Gasteiger charge is -2.31. The first-order valence-electron chi connectivity index (χ1n) is 8.81. The zero-order chi connectivity index (χ0) is 16.7. The van der Waals surface area contributed by atoms with E-state index in [1.54, 1.807) is 11.9 Å². The lowest BCUT2D eigenvalue weighted by atomic mass is 9.84. The van der Waals surface area contributed by atoms with E-state index in [0.717, 1.165) is 64.2 Å². The molecule has 0 aromatic heterocycles. The van der Waals surface area contributed by atoms with Crippen LogP contribution in [0.1, 0.15) is 38.5 Å². The Morgan fingerprint density at radius 1 is 1.22 bits per heavy atom. The summed E-state index contributed by atoms with van der Waals surface area (Å²) in [6.07, 6.45) is 6.41. The van der Waals surface area contributed by atoms with Crippen LogP contribution in [-0.4, -0.2) is 64.2 Å². The van der Waals surface area contributed by atoms with Gasteiger partial charge in [-0.15, -0.1) is 0 Å². The van der Waals surface area contributed by atoms with E-state index in [0.29, 0.717) is 12.5 Å². The molecule has 1 heterocycles. The van der Waals surface area contributed by atoms with E-state index in [4.69, 9.17) is 4.74 Å². The van der Waals surface area contributed by atoms with Gasteiger partial charge in [0.2, 0.25) is 5.91 Å². The van der Waals surface area contributed by atoms with Crippen molar-refractivity contribution in [1.82, 2.24) is 15.5 Å². The number of amides is 1. The Bertz CT molecular complexity index is 411. The van der Waals surface area contributed by atoms with Crippen molar-refractivity contribution >= 4 is 11.9 Å². The maximum atomic E-state index is 12.6. The van der Waals surface area contributed by atoms with Gasteiger partial charge in [0.05, 0.1) is 5.41 Å². The molecule has 0 unspecified atom stereocenters. The molecule has 0 spiro atoms. The van der Waals surface area contributed by atoms with Crippen molar-refractivity contribution in [3.63, 3.8) is 0 Å². The first-order chi connectivity index (χ1) is 11.1. The highest BCUT2D eigenvalue weighted by molar-refractivity contribution is 5.85. The molecule has 6 nitrogen and oxygen atoms in total. The molecule has 0 aromatic rings. The molecule has 1 aliphatic heterocycles. The predicted octanol–water partition coefficient (Wildman–Crippen LogP) is 1.23. The molecule has 0 aromatic carbocycles. The van der Waals surface area contributed by atoms with Crippen LogP contribution >= 0.6 is 0 Å². The highest BCUT2D eigenvalue weighted by atomic mass is 16.5. The Morgan fingerprint density at radius 3 is 2.43 bits per heavy atom. The van der Waals surface area contributed by atoms with Crippen LogP contribution in [0.25, 0.3) is 0 Å². The third-order valence-corrected chi connectivity index (χ3v) is 5.14. The molecule has 0 atom stereocenters. The second-order valence-corrected chi connectivity index (χ2v) is 7.05. The third-order valence-electron chi connectivity index (χ3n) is 5.14. The molecular weight excluding hydrogens is 292 g/mol. The Labute approximate surface area is 140 Å². The van der Waals surface area contributed by atoms with Crippen LogP contribution in [0, 0.1) is 11.3 Å². The number of carbonyl (C=O) groups excluding carboxylic acids is 1. The fourth-order valence-electron chi connectivity index (χ4n) is 3.66. The number of nitrogens with zero attached hydrogens (tertiary/aromatic N) is 2. The highest BCUT2D eigenvalue weighted by Gasteiger charge is 2.42. The monoisotopic (exact) mass is 324 g/mol. The van der Waals surface area contributed by atoms with Crippen LogP contribution in [0.5, 0.6) is 0 Å². The normalized spacial score (nSPS) is 22.0. The zero-order valence-corrected chi connectivity index (χ0v) is 14.9. The summed E-state index contributed by atoms with van der Waals surface area (Å²) < 4.78 is 5.39. The largest absolute Gasteiger partial charge is 0.381 e. The summed E-state index contributed by atoms with van der Waals surface area (Å²) in [6, 6.07) is 0. The smallest absolute Gasteiger partial charge is 0.230 e. The number of rotatable bonds is 5. The quantitative estimate of drug-likeness (QED) is 0.590. The molecule has 1 saturated heterocycles. The summed E-state index contributed by atoms with van der Waals surface area (Å²) in [5, 5.41) is 6.79. The number of aliphatic imine (C=N–C) groups is 1. The van der Waals surface area contributed by atoms with Crippen LogP contribution in [0.3, 0.4) is 0 Å². The predicted molar refractivity (Wildman–Crippen MR) is 92.5 cm³/mol. The fourth-order valence-corrected chi connectivity index (χ4v) is 3.66. The van der Waals surface area contributed by atoms with E-state index >= 15 is 0 Å². The van der Waals surface area contributed by atoms with Gasteiger partial charge in [0.25, 0.3) is 0 Å². The molecule has 2 fully saturated rings. The van der Waals surface area contributed by atoms with Crippen LogP contribution in [-0.2, 0) is 9.53 Å². The van der Waals surface area contributed by atoms with Gasteiger partial charge in [0.15, 0.2) is 5.96 Å². The Kier molecular flexibility index (Phi) is 6.69. The molecule has 1 aliphatic carbocycles. The molecule has 132 valence electrons. The molecule has 0 radical (unpaired) electrons. The van der Waals surface area contributed by atoms with E-state index in [2.05, 4.69) is 15.6 Å². The number of nitrogens with one attached hydrogen (secondary N) is 2. The number of hydrogen-bond donors (Lipinski definition) is 2. The Balaban J connectivity index is 1.84. The number of carbonyl (C=O) groups is 1. The van der Waals surface area contributed by atoms with Gasteiger partial charge in [0, 0.05) is 47.4 Å². The maximum Gasteiger partial charge on any atom is 0.230 e. The minimum absolute atomic E-state index is 0.238. The lowest BCUT2D eigenvalue weighted by molar-refractivity contribution is -0.138. The van der Waals surface area contributed by atoms with E-state index in [1.807, 2.05) is 14.1 Å². The van der Waals surface area contributed by atoms with Gasteiger partial charge < -0.3 is 20.3 Å². The molecule has 0 bridgehead atoms. The second kappa shape index (κ2) is 8.52. The second-order valence-electron chi connectivity index (χ2n) is 7.05. The molecule has 2 rings (SSSR count). The van der Waals surface area contributed by atoms with Gasteiger partial charge in [-0.3, -0.25) is 9.79 Å². The molecule has 1 amide bonds. The van der Waals surface area contributed by atoms with Gasteiger partial charge in [-0.25, -0.2) is 0 Å². The van der Waals surface area contributed by atoms with Crippen molar-refractivity contribution in [2.75, 3.05) is 47.4 Å². The van der Waals surface area contributed by atoms with Crippen molar-refractivity contribution in [2.24, 2.45) is 16.3 Å². The molecule has 1 saturated carbocycles. The van der Waals surface area contributed by atoms with E-state index < -0.39 is 0 Å². The summed E-state index contributed by atoms with van der Waals surface area (Å²) in [4.78, 5) is 18.6. The molecule has 2 N–H and O–H groups in total. The van der Waals surface area contributed by atoms with Crippen molar-refractivity contribution in [3.05, 3.63) is 0 Å². The van der Waals surface area contributed by atoms with Crippen molar-refractivity contribution in [1.29, 1.82) is 0 Å². The third kappa shape index (κ3) is 4.83.